The van der Waals surface area contributed by atoms with E-state index in [-0.39, 0.29) is 0 Å². The molecule has 0 aliphatic rings. The molecular formula is C13H15ClN2S. The molecule has 0 bridgehead atoms. The van der Waals surface area contributed by atoms with Gasteiger partial charge in [-0.2, -0.15) is 0 Å². The number of thiophene rings is 1. The zero-order valence-corrected chi connectivity index (χ0v) is 11.3. The first-order chi connectivity index (χ1) is 8.31. The van der Waals surface area contributed by atoms with E-state index in [2.05, 4.69) is 34.7 Å². The molecule has 2 nitrogen and oxygen atoms in total. The van der Waals surface area contributed by atoms with Crippen molar-refractivity contribution in [1.29, 1.82) is 0 Å². The van der Waals surface area contributed by atoms with Crippen molar-refractivity contribution in [2.45, 2.75) is 25.8 Å². The summed E-state index contributed by atoms with van der Waals surface area (Å²) in [5.74, 6) is 0.765. The second-order valence-corrected chi connectivity index (χ2v) is 5.22. The number of rotatable bonds is 5. The Hall–Kier alpha value is -1.06. The van der Waals surface area contributed by atoms with Crippen LogP contribution in [0.2, 0.25) is 5.02 Å². The van der Waals surface area contributed by atoms with Crippen molar-refractivity contribution >= 4 is 28.8 Å². The molecule has 0 radical (unpaired) electrons. The molecule has 1 N–H and O–H groups in total. The Morgan fingerprint density at radius 3 is 2.94 bits per heavy atom. The summed E-state index contributed by atoms with van der Waals surface area (Å²) in [5, 5.41) is 6.19. The van der Waals surface area contributed by atoms with Crippen LogP contribution in [-0.4, -0.2) is 4.98 Å². The van der Waals surface area contributed by atoms with Gasteiger partial charge in [0, 0.05) is 11.1 Å². The van der Waals surface area contributed by atoms with Crippen LogP contribution in [0, 0.1) is 0 Å². The monoisotopic (exact) mass is 266 g/mol. The predicted molar refractivity (Wildman–Crippen MR) is 74.8 cm³/mol. The van der Waals surface area contributed by atoms with E-state index < -0.39 is 0 Å². The van der Waals surface area contributed by atoms with Gasteiger partial charge in [0.2, 0.25) is 0 Å². The van der Waals surface area contributed by atoms with Gasteiger partial charge in [-0.05, 0) is 30.0 Å². The van der Waals surface area contributed by atoms with Crippen LogP contribution < -0.4 is 5.32 Å². The van der Waals surface area contributed by atoms with Crippen LogP contribution in [-0.2, 0) is 0 Å². The van der Waals surface area contributed by atoms with Gasteiger partial charge in [0.15, 0.2) is 0 Å². The van der Waals surface area contributed by atoms with Crippen molar-refractivity contribution in [3.05, 3.63) is 45.7 Å². The van der Waals surface area contributed by atoms with E-state index in [0.717, 1.165) is 18.7 Å². The van der Waals surface area contributed by atoms with Crippen molar-refractivity contribution in [3.8, 4) is 0 Å². The molecule has 0 saturated carbocycles. The number of halogens is 1. The highest BCUT2D eigenvalue weighted by atomic mass is 35.5. The van der Waals surface area contributed by atoms with Crippen LogP contribution in [0.25, 0.3) is 0 Å². The average molecular weight is 267 g/mol. The first-order valence-electron chi connectivity index (χ1n) is 5.71. The van der Waals surface area contributed by atoms with E-state index in [0.29, 0.717) is 11.1 Å². The third-order valence-corrected chi connectivity index (χ3v) is 3.82. The molecule has 2 aromatic heterocycles. The van der Waals surface area contributed by atoms with Gasteiger partial charge in [0.25, 0.3) is 0 Å². The molecule has 90 valence electrons. The first-order valence-corrected chi connectivity index (χ1v) is 6.97. The summed E-state index contributed by atoms with van der Waals surface area (Å²) in [7, 11) is 0. The summed E-state index contributed by atoms with van der Waals surface area (Å²) < 4.78 is 0. The van der Waals surface area contributed by atoms with Crippen molar-refractivity contribution < 1.29 is 0 Å². The molecule has 4 heteroatoms. The molecule has 0 saturated heterocycles. The predicted octanol–water partition coefficient (Wildman–Crippen LogP) is 4.75. The van der Waals surface area contributed by atoms with Gasteiger partial charge in [0.05, 0.1) is 11.1 Å². The summed E-state index contributed by atoms with van der Waals surface area (Å²) in [5.41, 5.74) is 0. The number of hydrogen-bond donors (Lipinski definition) is 1. The molecule has 0 spiro atoms. The summed E-state index contributed by atoms with van der Waals surface area (Å²) in [6, 6.07) is 8.22. The van der Waals surface area contributed by atoms with Crippen molar-refractivity contribution in [3.63, 3.8) is 0 Å². The Morgan fingerprint density at radius 1 is 1.41 bits per heavy atom. The van der Waals surface area contributed by atoms with Gasteiger partial charge in [-0.3, -0.25) is 0 Å². The lowest BCUT2D eigenvalue weighted by Crippen LogP contribution is -2.10. The summed E-state index contributed by atoms with van der Waals surface area (Å²) >= 11 is 7.87. The lowest BCUT2D eigenvalue weighted by molar-refractivity contribution is 0.685. The van der Waals surface area contributed by atoms with E-state index in [1.807, 2.05) is 12.1 Å². The first kappa shape index (κ1) is 12.4. The summed E-state index contributed by atoms with van der Waals surface area (Å²) in [6.45, 7) is 2.18. The van der Waals surface area contributed by atoms with Crippen LogP contribution in [0.15, 0.2) is 35.8 Å². The summed E-state index contributed by atoms with van der Waals surface area (Å²) in [6.07, 6.45) is 3.96. The molecule has 2 aromatic rings. The summed E-state index contributed by atoms with van der Waals surface area (Å²) in [4.78, 5) is 5.60. The van der Waals surface area contributed by atoms with Crippen molar-refractivity contribution in [1.82, 2.24) is 4.98 Å². The molecule has 2 heterocycles. The lowest BCUT2D eigenvalue weighted by Gasteiger charge is -2.17. The number of nitrogens with zero attached hydrogens (tertiary/aromatic N) is 1. The lowest BCUT2D eigenvalue weighted by atomic mass is 10.1. The second kappa shape index (κ2) is 6.03. The number of anilines is 1. The third-order valence-electron chi connectivity index (χ3n) is 2.53. The SMILES string of the molecule is CCCC(Nc1ncccc1Cl)c1cccs1. The normalized spacial score (nSPS) is 12.4. The molecule has 0 aromatic carbocycles. The third kappa shape index (κ3) is 3.20. The molecule has 0 aliphatic heterocycles. The minimum absolute atomic E-state index is 0.299. The second-order valence-electron chi connectivity index (χ2n) is 3.83. The van der Waals surface area contributed by atoms with Gasteiger partial charge in [0.1, 0.15) is 5.82 Å². The number of pyridine rings is 1. The van der Waals surface area contributed by atoms with Gasteiger partial charge < -0.3 is 5.32 Å². The molecule has 2 rings (SSSR count). The van der Waals surface area contributed by atoms with E-state index in [9.17, 15) is 0 Å². The van der Waals surface area contributed by atoms with Crippen LogP contribution in [0.5, 0.6) is 0 Å². The molecule has 17 heavy (non-hydrogen) atoms. The maximum absolute atomic E-state index is 6.11. The smallest absolute Gasteiger partial charge is 0.145 e. The molecular weight excluding hydrogens is 252 g/mol. The Labute approximate surface area is 111 Å². The number of nitrogens with one attached hydrogen (secondary N) is 1. The largest absolute Gasteiger partial charge is 0.361 e. The topological polar surface area (TPSA) is 24.9 Å². The molecule has 1 atom stereocenters. The maximum atomic E-state index is 6.11. The van der Waals surface area contributed by atoms with Crippen LogP contribution >= 0.6 is 22.9 Å². The standard InChI is InChI=1S/C13H15ClN2S/c1-2-5-11(12-7-4-9-17-12)16-13-10(14)6-3-8-15-13/h3-4,6-9,11H,2,5H2,1H3,(H,15,16). The van der Waals surface area contributed by atoms with Gasteiger partial charge in [-0.25, -0.2) is 4.98 Å². The van der Waals surface area contributed by atoms with E-state index in [1.165, 1.54) is 4.88 Å². The zero-order chi connectivity index (χ0) is 12.1. The minimum Gasteiger partial charge on any atom is -0.361 e. The Bertz CT molecular complexity index is 456. The molecule has 1 unspecified atom stereocenters. The highest BCUT2D eigenvalue weighted by Crippen LogP contribution is 2.29. The maximum Gasteiger partial charge on any atom is 0.145 e. The fraction of sp³-hybridized carbons (Fsp3) is 0.308. The highest BCUT2D eigenvalue weighted by molar-refractivity contribution is 7.10. The van der Waals surface area contributed by atoms with E-state index in [4.69, 9.17) is 11.6 Å². The van der Waals surface area contributed by atoms with E-state index in [1.54, 1.807) is 17.5 Å². The number of aromatic nitrogens is 1. The van der Waals surface area contributed by atoms with Gasteiger partial charge in [-0.15, -0.1) is 11.3 Å². The molecule has 0 amide bonds. The fourth-order valence-electron chi connectivity index (χ4n) is 1.72. The van der Waals surface area contributed by atoms with E-state index >= 15 is 0 Å². The Morgan fingerprint density at radius 2 is 2.29 bits per heavy atom. The molecule has 0 aliphatic carbocycles. The Balaban J connectivity index is 2.16. The van der Waals surface area contributed by atoms with Crippen molar-refractivity contribution in [2.24, 2.45) is 0 Å². The van der Waals surface area contributed by atoms with Crippen molar-refractivity contribution in [2.75, 3.05) is 5.32 Å². The van der Waals surface area contributed by atoms with Crippen LogP contribution in [0.1, 0.15) is 30.7 Å². The Kier molecular flexibility index (Phi) is 4.40. The number of hydrogen-bond acceptors (Lipinski definition) is 3. The zero-order valence-electron chi connectivity index (χ0n) is 9.69. The van der Waals surface area contributed by atoms with Crippen LogP contribution in [0.4, 0.5) is 5.82 Å². The van der Waals surface area contributed by atoms with Crippen LogP contribution in [0.3, 0.4) is 0 Å². The highest BCUT2D eigenvalue weighted by Gasteiger charge is 2.13. The minimum atomic E-state index is 0.299. The quantitative estimate of drug-likeness (QED) is 0.845. The fourth-order valence-corrected chi connectivity index (χ4v) is 2.71. The average Bonchev–Trinajstić information content (AvgIpc) is 2.85. The van der Waals surface area contributed by atoms with Gasteiger partial charge in [-0.1, -0.05) is 31.0 Å². The van der Waals surface area contributed by atoms with Gasteiger partial charge >= 0.3 is 0 Å². The molecule has 0 fully saturated rings.